The van der Waals surface area contributed by atoms with Crippen molar-refractivity contribution < 1.29 is 0 Å². The van der Waals surface area contributed by atoms with Crippen LogP contribution >= 0.6 is 0 Å². The van der Waals surface area contributed by atoms with E-state index in [-0.39, 0.29) is 5.41 Å². The molecule has 1 aliphatic carbocycles. The minimum absolute atomic E-state index is 0.170. The highest BCUT2D eigenvalue weighted by atomic mass is 15.2. The number of aryl methyl sites for hydroxylation is 1. The van der Waals surface area contributed by atoms with E-state index < -0.39 is 0 Å². The molecule has 1 saturated heterocycles. The molecule has 6 rings (SSSR count). The largest absolute Gasteiger partial charge is 0.384 e. The second-order valence-corrected chi connectivity index (χ2v) is 9.38. The average Bonchev–Trinajstić information content (AvgIpc) is 3.40. The molecule has 7 nitrogen and oxygen atoms in total. The number of nitrogens with one attached hydrogen (secondary N) is 2. The van der Waals surface area contributed by atoms with E-state index in [2.05, 4.69) is 55.6 Å². The third kappa shape index (κ3) is 3.18. The Bertz CT molecular complexity index is 1120. The van der Waals surface area contributed by atoms with Crippen molar-refractivity contribution >= 4 is 17.5 Å². The number of piperidine rings is 1. The minimum Gasteiger partial charge on any atom is -0.384 e. The van der Waals surface area contributed by atoms with Gasteiger partial charge in [-0.2, -0.15) is 0 Å². The van der Waals surface area contributed by atoms with Crippen LogP contribution in [0.2, 0.25) is 0 Å². The first-order chi connectivity index (χ1) is 15.7. The number of hydrogen-bond acceptors (Lipinski definition) is 7. The van der Waals surface area contributed by atoms with E-state index in [1.165, 1.54) is 40.3 Å². The lowest BCUT2D eigenvalue weighted by molar-refractivity contribution is 0.358. The van der Waals surface area contributed by atoms with E-state index in [1.807, 2.05) is 6.07 Å². The zero-order chi connectivity index (χ0) is 21.5. The zero-order valence-corrected chi connectivity index (χ0v) is 18.5. The summed E-state index contributed by atoms with van der Waals surface area (Å²) in [5.41, 5.74) is 6.91. The van der Waals surface area contributed by atoms with Crippen molar-refractivity contribution in [3.05, 3.63) is 65.4 Å². The topological polar surface area (TPSA) is 78.9 Å². The lowest BCUT2D eigenvalue weighted by atomic mass is 9.72. The van der Waals surface area contributed by atoms with Crippen molar-refractivity contribution in [1.82, 2.24) is 19.9 Å². The van der Waals surface area contributed by atoms with Gasteiger partial charge >= 0.3 is 0 Å². The van der Waals surface area contributed by atoms with Gasteiger partial charge in [0.25, 0.3) is 0 Å². The zero-order valence-electron chi connectivity index (χ0n) is 18.5. The predicted molar refractivity (Wildman–Crippen MR) is 126 cm³/mol. The second kappa shape index (κ2) is 7.73. The number of aromatic nitrogens is 4. The molecule has 0 radical (unpaired) electrons. The number of hydrogen-bond donors (Lipinski definition) is 2. The summed E-state index contributed by atoms with van der Waals surface area (Å²) >= 11 is 0. The van der Waals surface area contributed by atoms with E-state index in [0.29, 0.717) is 11.9 Å². The molecule has 1 aromatic carbocycles. The van der Waals surface area contributed by atoms with E-state index in [9.17, 15) is 0 Å². The molecule has 3 aromatic rings. The van der Waals surface area contributed by atoms with Crippen LogP contribution in [0.15, 0.2) is 43.0 Å². The van der Waals surface area contributed by atoms with E-state index in [1.54, 1.807) is 18.7 Å². The summed E-state index contributed by atoms with van der Waals surface area (Å²) in [7, 11) is 0. The van der Waals surface area contributed by atoms with Crippen LogP contribution in [0.3, 0.4) is 0 Å². The van der Waals surface area contributed by atoms with Crippen LogP contribution in [-0.2, 0) is 18.4 Å². The van der Waals surface area contributed by atoms with Crippen molar-refractivity contribution in [3.63, 3.8) is 0 Å². The number of rotatable bonds is 4. The molecule has 1 atom stereocenters. The quantitative estimate of drug-likeness (QED) is 0.654. The van der Waals surface area contributed by atoms with Gasteiger partial charge in [0.1, 0.15) is 12.1 Å². The molecule has 1 unspecified atom stereocenters. The number of fused-ring (bicyclic) bond motifs is 3. The Kier molecular flexibility index (Phi) is 4.70. The standard InChI is InChI=1S/C25H29N7/c1-17-6-7-19-21(17)23(31-16-30-19)32-12-8-25(9-13-32)15-29-20-5-2-4-18(22(20)25)14-28-24-26-10-3-11-27-24/h2-5,10-11,16-17,29H,6-9,12-15H2,1H3,(H,26,27,28). The fraction of sp³-hybridized carbons (Fsp3) is 0.440. The lowest BCUT2D eigenvalue weighted by Crippen LogP contribution is -2.45. The molecular weight excluding hydrogens is 398 g/mol. The van der Waals surface area contributed by atoms with Crippen LogP contribution in [0.4, 0.5) is 17.5 Å². The maximum Gasteiger partial charge on any atom is 0.222 e. The van der Waals surface area contributed by atoms with Gasteiger partial charge in [-0.15, -0.1) is 0 Å². The highest BCUT2D eigenvalue weighted by Gasteiger charge is 2.43. The first-order valence-corrected chi connectivity index (χ1v) is 11.7. The van der Waals surface area contributed by atoms with Crippen LogP contribution in [0, 0.1) is 0 Å². The van der Waals surface area contributed by atoms with Crippen LogP contribution < -0.4 is 15.5 Å². The van der Waals surface area contributed by atoms with Gasteiger partial charge in [-0.25, -0.2) is 19.9 Å². The molecule has 0 saturated carbocycles. The number of nitrogens with zero attached hydrogens (tertiary/aromatic N) is 5. The summed E-state index contributed by atoms with van der Waals surface area (Å²) in [6.45, 7) is 6.11. The molecule has 4 heterocycles. The summed E-state index contributed by atoms with van der Waals surface area (Å²) in [5.74, 6) is 2.41. The Morgan fingerprint density at radius 1 is 1.09 bits per heavy atom. The Labute approximate surface area is 188 Å². The summed E-state index contributed by atoms with van der Waals surface area (Å²) in [5, 5.41) is 7.10. The van der Waals surface area contributed by atoms with Crippen molar-refractivity contribution in [1.29, 1.82) is 0 Å². The SMILES string of the molecule is CC1CCc2ncnc(N3CCC4(CC3)CNc3cccc(CNc5ncccn5)c34)c21. The first kappa shape index (κ1) is 19.5. The van der Waals surface area contributed by atoms with Crippen LogP contribution in [0.1, 0.15) is 54.5 Å². The van der Waals surface area contributed by atoms with Gasteiger partial charge in [-0.05, 0) is 54.9 Å². The van der Waals surface area contributed by atoms with Gasteiger partial charge in [0.2, 0.25) is 5.95 Å². The fourth-order valence-electron chi connectivity index (χ4n) is 5.89. The fourth-order valence-corrected chi connectivity index (χ4v) is 5.89. The summed E-state index contributed by atoms with van der Waals surface area (Å²) in [6, 6.07) is 8.45. The van der Waals surface area contributed by atoms with Crippen LogP contribution in [-0.4, -0.2) is 39.6 Å². The maximum absolute atomic E-state index is 4.74. The van der Waals surface area contributed by atoms with Crippen molar-refractivity contribution in [2.45, 2.75) is 50.5 Å². The molecule has 1 fully saturated rings. The molecule has 7 heteroatoms. The lowest BCUT2D eigenvalue weighted by Gasteiger charge is -2.41. The molecule has 3 aliphatic rings. The Morgan fingerprint density at radius 3 is 2.78 bits per heavy atom. The highest BCUT2D eigenvalue weighted by molar-refractivity contribution is 5.65. The van der Waals surface area contributed by atoms with Gasteiger partial charge in [-0.3, -0.25) is 0 Å². The van der Waals surface area contributed by atoms with Gasteiger partial charge < -0.3 is 15.5 Å². The first-order valence-electron chi connectivity index (χ1n) is 11.7. The van der Waals surface area contributed by atoms with Crippen LogP contribution in [0.5, 0.6) is 0 Å². The molecule has 2 N–H and O–H groups in total. The van der Waals surface area contributed by atoms with E-state index in [0.717, 1.165) is 45.4 Å². The monoisotopic (exact) mass is 427 g/mol. The van der Waals surface area contributed by atoms with Gasteiger partial charge in [0.15, 0.2) is 0 Å². The van der Waals surface area contributed by atoms with E-state index in [4.69, 9.17) is 4.98 Å². The number of anilines is 3. The molecule has 32 heavy (non-hydrogen) atoms. The molecular formula is C25H29N7. The van der Waals surface area contributed by atoms with Crippen molar-refractivity contribution in [3.8, 4) is 0 Å². The Balaban J connectivity index is 1.24. The third-order valence-corrected chi connectivity index (χ3v) is 7.57. The molecule has 0 bridgehead atoms. The van der Waals surface area contributed by atoms with E-state index >= 15 is 0 Å². The molecule has 0 amide bonds. The summed E-state index contributed by atoms with van der Waals surface area (Å²) < 4.78 is 0. The Morgan fingerprint density at radius 2 is 1.94 bits per heavy atom. The van der Waals surface area contributed by atoms with Crippen molar-refractivity contribution in [2.24, 2.45) is 0 Å². The van der Waals surface area contributed by atoms with Crippen molar-refractivity contribution in [2.75, 3.05) is 35.2 Å². The third-order valence-electron chi connectivity index (χ3n) is 7.57. The maximum atomic E-state index is 4.74. The highest BCUT2D eigenvalue weighted by Crippen LogP contribution is 2.47. The molecule has 1 spiro atoms. The van der Waals surface area contributed by atoms with Crippen LogP contribution in [0.25, 0.3) is 0 Å². The molecule has 2 aliphatic heterocycles. The summed E-state index contributed by atoms with van der Waals surface area (Å²) in [6.07, 6.45) is 9.83. The van der Waals surface area contributed by atoms with Gasteiger partial charge in [0.05, 0.1) is 0 Å². The van der Waals surface area contributed by atoms with Gasteiger partial charge in [0, 0.05) is 60.9 Å². The summed E-state index contributed by atoms with van der Waals surface area (Å²) in [4.78, 5) is 20.4. The molecule has 2 aromatic heterocycles. The van der Waals surface area contributed by atoms with Gasteiger partial charge in [-0.1, -0.05) is 19.1 Å². The Hall–Kier alpha value is -3.22. The second-order valence-electron chi connectivity index (χ2n) is 9.38. The minimum atomic E-state index is 0.170. The average molecular weight is 428 g/mol. The smallest absolute Gasteiger partial charge is 0.222 e. The molecule has 164 valence electrons. The normalized spacial score (nSPS) is 20.7. The predicted octanol–water partition coefficient (Wildman–Crippen LogP) is 3.89. The number of benzene rings is 1.